The summed E-state index contributed by atoms with van der Waals surface area (Å²) in [6.45, 7) is 0. The molecule has 0 aliphatic heterocycles. The highest BCUT2D eigenvalue weighted by molar-refractivity contribution is 6.30. The number of rotatable bonds is 5. The number of hydrogen-bond donors (Lipinski definition) is 1. The molecule has 0 radical (unpaired) electrons. The van der Waals surface area contributed by atoms with Crippen molar-refractivity contribution in [2.45, 2.75) is 12.8 Å². The Hall–Kier alpha value is -2.79. The second kappa shape index (κ2) is 6.61. The van der Waals surface area contributed by atoms with Crippen molar-refractivity contribution < 1.29 is 9.26 Å². The Labute approximate surface area is 149 Å². The highest BCUT2D eigenvalue weighted by Gasteiger charge is 2.14. The van der Waals surface area contributed by atoms with Crippen molar-refractivity contribution >= 4 is 22.5 Å². The van der Waals surface area contributed by atoms with Gasteiger partial charge < -0.3 is 14.2 Å². The Morgan fingerprint density at radius 3 is 2.92 bits per heavy atom. The summed E-state index contributed by atoms with van der Waals surface area (Å²) in [5, 5.41) is 5.89. The summed E-state index contributed by atoms with van der Waals surface area (Å²) in [5.74, 6) is 1.73. The van der Waals surface area contributed by atoms with Gasteiger partial charge in [-0.2, -0.15) is 4.98 Å². The number of H-pyrrole nitrogens is 1. The fourth-order valence-electron chi connectivity index (χ4n) is 2.90. The Morgan fingerprint density at radius 1 is 1.16 bits per heavy atom. The average Bonchev–Trinajstić information content (AvgIpc) is 3.27. The lowest BCUT2D eigenvalue weighted by Crippen LogP contribution is -1.92. The van der Waals surface area contributed by atoms with Crippen molar-refractivity contribution in [1.82, 2.24) is 15.1 Å². The first-order valence-corrected chi connectivity index (χ1v) is 8.34. The fourth-order valence-corrected chi connectivity index (χ4v) is 3.07. The Kier molecular flexibility index (Phi) is 4.15. The van der Waals surface area contributed by atoms with Crippen LogP contribution in [0.1, 0.15) is 11.5 Å². The van der Waals surface area contributed by atoms with Crippen molar-refractivity contribution in [2.75, 3.05) is 7.11 Å². The van der Waals surface area contributed by atoms with Crippen molar-refractivity contribution in [3.63, 3.8) is 0 Å². The summed E-state index contributed by atoms with van der Waals surface area (Å²) in [6.07, 6.45) is 3.51. The minimum absolute atomic E-state index is 0.480. The zero-order chi connectivity index (χ0) is 17.2. The number of methoxy groups -OCH3 is 1. The number of hydrogen-bond acceptors (Lipinski definition) is 4. The SMILES string of the molecule is COc1ccc(Cl)cc1-c1noc(CCc2c[nH]c3ccccc23)n1. The molecule has 0 amide bonds. The number of benzene rings is 2. The van der Waals surface area contributed by atoms with Crippen molar-refractivity contribution in [3.8, 4) is 17.1 Å². The van der Waals surface area contributed by atoms with Gasteiger partial charge in [0.05, 0.1) is 12.7 Å². The number of aromatic amines is 1. The van der Waals surface area contributed by atoms with E-state index < -0.39 is 0 Å². The molecule has 1 N–H and O–H groups in total. The Morgan fingerprint density at radius 2 is 2.04 bits per heavy atom. The largest absolute Gasteiger partial charge is 0.496 e. The van der Waals surface area contributed by atoms with Crippen LogP contribution in [0.4, 0.5) is 0 Å². The molecule has 5 nitrogen and oxygen atoms in total. The van der Waals surface area contributed by atoms with E-state index in [9.17, 15) is 0 Å². The predicted molar refractivity (Wildman–Crippen MR) is 97.0 cm³/mol. The van der Waals surface area contributed by atoms with Gasteiger partial charge in [0.15, 0.2) is 0 Å². The third kappa shape index (κ3) is 3.10. The van der Waals surface area contributed by atoms with Gasteiger partial charge in [-0.05, 0) is 36.2 Å². The highest BCUT2D eigenvalue weighted by Crippen LogP contribution is 2.30. The van der Waals surface area contributed by atoms with Crippen molar-refractivity contribution in [1.29, 1.82) is 0 Å². The normalized spacial score (nSPS) is 11.1. The maximum absolute atomic E-state index is 6.07. The lowest BCUT2D eigenvalue weighted by molar-refractivity contribution is 0.378. The van der Waals surface area contributed by atoms with E-state index in [1.807, 2.05) is 18.3 Å². The van der Waals surface area contributed by atoms with Crippen LogP contribution >= 0.6 is 11.6 Å². The number of nitrogens with zero attached hydrogens (tertiary/aromatic N) is 2. The summed E-state index contributed by atoms with van der Waals surface area (Å²) in [6, 6.07) is 13.6. The number of aryl methyl sites for hydroxylation is 2. The maximum Gasteiger partial charge on any atom is 0.227 e. The topological polar surface area (TPSA) is 63.9 Å². The van der Waals surface area contributed by atoms with E-state index >= 15 is 0 Å². The van der Waals surface area contributed by atoms with E-state index in [1.165, 1.54) is 10.9 Å². The molecule has 4 rings (SSSR count). The molecule has 0 unspecified atom stereocenters. The predicted octanol–water partition coefficient (Wildman–Crippen LogP) is 4.67. The summed E-state index contributed by atoms with van der Waals surface area (Å²) in [5.41, 5.74) is 3.08. The summed E-state index contributed by atoms with van der Waals surface area (Å²) in [7, 11) is 1.60. The van der Waals surface area contributed by atoms with Gasteiger partial charge in [-0.15, -0.1) is 0 Å². The molecule has 0 fully saturated rings. The third-order valence-corrected chi connectivity index (χ3v) is 4.39. The zero-order valence-electron chi connectivity index (χ0n) is 13.6. The molecule has 2 heterocycles. The lowest BCUT2D eigenvalue weighted by Gasteiger charge is -2.04. The summed E-state index contributed by atoms with van der Waals surface area (Å²) >= 11 is 6.07. The molecule has 0 bridgehead atoms. The van der Waals surface area contributed by atoms with Gasteiger partial charge in [0, 0.05) is 28.5 Å². The molecular weight excluding hydrogens is 338 g/mol. The van der Waals surface area contributed by atoms with Crippen molar-refractivity contribution in [2.24, 2.45) is 0 Å². The molecule has 2 aromatic carbocycles. The summed E-state index contributed by atoms with van der Waals surface area (Å²) < 4.78 is 10.7. The highest BCUT2D eigenvalue weighted by atomic mass is 35.5. The third-order valence-electron chi connectivity index (χ3n) is 4.15. The molecule has 126 valence electrons. The van der Waals surface area contributed by atoms with Crippen LogP contribution in [0.25, 0.3) is 22.3 Å². The molecule has 0 aliphatic rings. The first kappa shape index (κ1) is 15.7. The molecule has 25 heavy (non-hydrogen) atoms. The molecule has 2 aromatic heterocycles. The molecular formula is C19H16ClN3O2. The molecule has 6 heteroatoms. The van der Waals surface area contributed by atoms with Gasteiger partial charge in [-0.1, -0.05) is 35.0 Å². The second-order valence-corrected chi connectivity index (χ2v) is 6.15. The van der Waals surface area contributed by atoms with E-state index in [1.54, 1.807) is 25.3 Å². The van der Waals surface area contributed by atoms with Crippen LogP contribution in [0.5, 0.6) is 5.75 Å². The smallest absolute Gasteiger partial charge is 0.227 e. The van der Waals surface area contributed by atoms with Crippen LogP contribution in [0.3, 0.4) is 0 Å². The fraction of sp³-hybridized carbons (Fsp3) is 0.158. The molecule has 0 spiro atoms. The van der Waals surface area contributed by atoms with E-state index in [-0.39, 0.29) is 0 Å². The quantitative estimate of drug-likeness (QED) is 0.566. The Bertz CT molecular complexity index is 1020. The minimum Gasteiger partial charge on any atom is -0.496 e. The van der Waals surface area contributed by atoms with Crippen LogP contribution in [0, 0.1) is 0 Å². The number of aromatic nitrogens is 3. The monoisotopic (exact) mass is 353 g/mol. The molecule has 0 saturated heterocycles. The number of ether oxygens (including phenoxy) is 1. The molecule has 0 atom stereocenters. The minimum atomic E-state index is 0.480. The number of fused-ring (bicyclic) bond motifs is 1. The maximum atomic E-state index is 6.07. The summed E-state index contributed by atoms with van der Waals surface area (Å²) in [4.78, 5) is 7.76. The van der Waals surface area contributed by atoms with E-state index in [0.29, 0.717) is 28.9 Å². The van der Waals surface area contributed by atoms with Crippen molar-refractivity contribution in [3.05, 3.63) is 65.1 Å². The molecule has 4 aromatic rings. The van der Waals surface area contributed by atoms with Gasteiger partial charge in [0.2, 0.25) is 11.7 Å². The van der Waals surface area contributed by atoms with Crippen LogP contribution in [-0.2, 0) is 12.8 Å². The first-order chi connectivity index (χ1) is 12.2. The van der Waals surface area contributed by atoms with Gasteiger partial charge in [-0.3, -0.25) is 0 Å². The average molecular weight is 354 g/mol. The zero-order valence-corrected chi connectivity index (χ0v) is 14.4. The van der Waals surface area contributed by atoms with Crippen LogP contribution in [-0.4, -0.2) is 22.2 Å². The first-order valence-electron chi connectivity index (χ1n) is 7.96. The van der Waals surface area contributed by atoms with Gasteiger partial charge in [-0.25, -0.2) is 0 Å². The second-order valence-electron chi connectivity index (χ2n) is 5.72. The number of para-hydroxylation sites is 1. The van der Waals surface area contributed by atoms with E-state index in [4.69, 9.17) is 20.9 Å². The van der Waals surface area contributed by atoms with E-state index in [0.717, 1.165) is 17.5 Å². The van der Waals surface area contributed by atoms with Gasteiger partial charge in [0.1, 0.15) is 5.75 Å². The Balaban J connectivity index is 1.55. The van der Waals surface area contributed by atoms with Crippen LogP contribution < -0.4 is 4.74 Å². The van der Waals surface area contributed by atoms with Gasteiger partial charge >= 0.3 is 0 Å². The lowest BCUT2D eigenvalue weighted by atomic mass is 10.1. The van der Waals surface area contributed by atoms with Crippen LogP contribution in [0.2, 0.25) is 5.02 Å². The van der Waals surface area contributed by atoms with Crippen LogP contribution in [0.15, 0.2) is 53.2 Å². The molecule has 0 saturated carbocycles. The number of halogens is 1. The molecule has 0 aliphatic carbocycles. The van der Waals surface area contributed by atoms with E-state index in [2.05, 4.69) is 27.3 Å². The number of nitrogens with one attached hydrogen (secondary N) is 1. The standard InChI is InChI=1S/C19H16ClN3O2/c1-24-17-8-7-13(20)10-15(17)19-22-18(25-23-19)9-6-12-11-21-16-5-3-2-4-14(12)16/h2-5,7-8,10-11,21H,6,9H2,1H3. The van der Waals surface area contributed by atoms with Gasteiger partial charge in [0.25, 0.3) is 0 Å².